The highest BCUT2D eigenvalue weighted by molar-refractivity contribution is 9.10. The summed E-state index contributed by atoms with van der Waals surface area (Å²) in [5.41, 5.74) is 0.602. The summed E-state index contributed by atoms with van der Waals surface area (Å²) in [5, 5.41) is 2.96. The van der Waals surface area contributed by atoms with Crippen molar-refractivity contribution in [2.75, 3.05) is 0 Å². The van der Waals surface area contributed by atoms with Crippen molar-refractivity contribution in [2.45, 2.75) is 32.7 Å². The number of hydrogen-bond donors (Lipinski definition) is 1. The first kappa shape index (κ1) is 12.2. The monoisotopic (exact) mass is 270 g/mol. The molecule has 0 aliphatic rings. The molecule has 0 spiro atoms. The van der Waals surface area contributed by atoms with E-state index in [1.54, 1.807) is 18.3 Å². The van der Waals surface area contributed by atoms with Gasteiger partial charge < -0.3 is 5.32 Å². The number of carbonyl (C=O) groups is 1. The van der Waals surface area contributed by atoms with Crippen LogP contribution in [-0.2, 0) is 0 Å². The summed E-state index contributed by atoms with van der Waals surface area (Å²) in [5.74, 6) is -0.0521. The second kappa shape index (κ2) is 5.85. The molecule has 0 unspecified atom stereocenters. The zero-order chi connectivity index (χ0) is 11.3. The number of rotatable bonds is 4. The van der Waals surface area contributed by atoms with Crippen molar-refractivity contribution in [3.8, 4) is 0 Å². The smallest absolute Gasteiger partial charge is 0.253 e. The molecular formula is C11H15BrN2O. The Morgan fingerprint density at radius 1 is 1.47 bits per heavy atom. The number of carbonyl (C=O) groups excluding carboxylic acids is 1. The number of nitrogens with one attached hydrogen (secondary N) is 1. The van der Waals surface area contributed by atoms with Gasteiger partial charge in [0.1, 0.15) is 4.60 Å². The molecule has 3 nitrogen and oxygen atoms in total. The van der Waals surface area contributed by atoms with Gasteiger partial charge in [-0.15, -0.1) is 0 Å². The van der Waals surface area contributed by atoms with E-state index < -0.39 is 0 Å². The Hall–Kier alpha value is -0.900. The number of halogens is 1. The van der Waals surface area contributed by atoms with Crippen LogP contribution in [0.5, 0.6) is 0 Å². The zero-order valence-corrected chi connectivity index (χ0v) is 10.5. The quantitative estimate of drug-likeness (QED) is 0.855. The minimum atomic E-state index is -0.0521. The summed E-state index contributed by atoms with van der Waals surface area (Å²) >= 11 is 3.23. The van der Waals surface area contributed by atoms with Gasteiger partial charge in [-0.3, -0.25) is 4.79 Å². The van der Waals surface area contributed by atoms with Crippen molar-refractivity contribution >= 4 is 21.8 Å². The van der Waals surface area contributed by atoms with Gasteiger partial charge in [0.25, 0.3) is 5.91 Å². The lowest BCUT2D eigenvalue weighted by Crippen LogP contribution is -2.33. The minimum Gasteiger partial charge on any atom is -0.349 e. The Morgan fingerprint density at radius 2 is 2.13 bits per heavy atom. The maximum atomic E-state index is 11.7. The molecule has 1 aromatic heterocycles. The van der Waals surface area contributed by atoms with Crippen molar-refractivity contribution < 1.29 is 4.79 Å². The average Bonchev–Trinajstić information content (AvgIpc) is 2.26. The highest BCUT2D eigenvalue weighted by atomic mass is 79.9. The predicted octanol–water partition coefficient (Wildman–Crippen LogP) is 2.76. The van der Waals surface area contributed by atoms with E-state index in [9.17, 15) is 4.79 Å². The normalized spacial score (nSPS) is 10.4. The second-order valence-corrected chi connectivity index (χ2v) is 4.17. The van der Waals surface area contributed by atoms with Gasteiger partial charge in [0.15, 0.2) is 0 Å². The van der Waals surface area contributed by atoms with Crippen molar-refractivity contribution in [2.24, 2.45) is 0 Å². The number of amides is 1. The lowest BCUT2D eigenvalue weighted by atomic mass is 10.1. The topological polar surface area (TPSA) is 42.0 Å². The summed E-state index contributed by atoms with van der Waals surface area (Å²) in [6.07, 6.45) is 3.47. The fraction of sp³-hybridized carbons (Fsp3) is 0.455. The molecule has 0 atom stereocenters. The molecule has 0 aromatic carbocycles. The van der Waals surface area contributed by atoms with E-state index in [1.807, 2.05) is 0 Å². The number of aromatic nitrogens is 1. The Balaban J connectivity index is 2.64. The fourth-order valence-electron chi connectivity index (χ4n) is 1.27. The van der Waals surface area contributed by atoms with Crippen LogP contribution in [0.2, 0.25) is 0 Å². The predicted molar refractivity (Wildman–Crippen MR) is 63.8 cm³/mol. The summed E-state index contributed by atoms with van der Waals surface area (Å²) < 4.78 is 0.738. The zero-order valence-electron chi connectivity index (χ0n) is 8.96. The molecule has 0 aliphatic heterocycles. The number of nitrogens with zero attached hydrogens (tertiary/aromatic N) is 1. The molecule has 0 aliphatic carbocycles. The molecule has 1 heterocycles. The van der Waals surface area contributed by atoms with Crippen LogP contribution >= 0.6 is 15.9 Å². The van der Waals surface area contributed by atoms with Gasteiger partial charge in [-0.25, -0.2) is 4.98 Å². The molecule has 1 amide bonds. The van der Waals surface area contributed by atoms with E-state index in [4.69, 9.17) is 0 Å². The molecule has 4 heteroatoms. The number of pyridine rings is 1. The van der Waals surface area contributed by atoms with Crippen molar-refractivity contribution in [1.82, 2.24) is 10.3 Å². The Kier molecular flexibility index (Phi) is 4.75. The minimum absolute atomic E-state index is 0.0521. The molecule has 1 aromatic rings. The molecule has 1 rings (SSSR count). The largest absolute Gasteiger partial charge is 0.349 e. The SMILES string of the molecule is CCC(CC)NC(=O)c1ccc(Br)nc1. The van der Waals surface area contributed by atoms with Crippen LogP contribution in [0.25, 0.3) is 0 Å². The molecule has 0 radical (unpaired) electrons. The van der Waals surface area contributed by atoms with Gasteiger partial charge in [-0.1, -0.05) is 13.8 Å². The van der Waals surface area contributed by atoms with Crippen LogP contribution in [0, 0.1) is 0 Å². The molecule has 15 heavy (non-hydrogen) atoms. The second-order valence-electron chi connectivity index (χ2n) is 3.36. The molecule has 0 fully saturated rings. The lowest BCUT2D eigenvalue weighted by molar-refractivity contribution is 0.0934. The van der Waals surface area contributed by atoms with Crippen LogP contribution in [0.1, 0.15) is 37.0 Å². The third-order valence-corrected chi connectivity index (χ3v) is 2.78. The molecule has 82 valence electrons. The summed E-state index contributed by atoms with van der Waals surface area (Å²) in [6, 6.07) is 3.78. The molecule has 1 N–H and O–H groups in total. The Labute approximate surface area is 98.4 Å². The molecule has 0 saturated carbocycles. The summed E-state index contributed by atoms with van der Waals surface area (Å²) in [6.45, 7) is 4.13. The standard InChI is InChI=1S/C11H15BrN2O/c1-3-9(4-2)14-11(15)8-5-6-10(12)13-7-8/h5-7,9H,3-4H2,1-2H3,(H,14,15). The fourth-order valence-corrected chi connectivity index (χ4v) is 1.51. The third kappa shape index (κ3) is 3.63. The van der Waals surface area contributed by atoms with Crippen LogP contribution in [0.15, 0.2) is 22.9 Å². The number of hydrogen-bond acceptors (Lipinski definition) is 2. The highest BCUT2D eigenvalue weighted by Crippen LogP contribution is 2.07. The van der Waals surface area contributed by atoms with E-state index in [0.29, 0.717) is 5.56 Å². The maximum Gasteiger partial charge on any atom is 0.253 e. The van der Waals surface area contributed by atoms with E-state index in [1.165, 1.54) is 0 Å². The van der Waals surface area contributed by atoms with Crippen LogP contribution in [0.3, 0.4) is 0 Å². The first-order chi connectivity index (χ1) is 7.17. The van der Waals surface area contributed by atoms with Crippen molar-refractivity contribution in [1.29, 1.82) is 0 Å². The van der Waals surface area contributed by atoms with Crippen LogP contribution < -0.4 is 5.32 Å². The van der Waals surface area contributed by atoms with Gasteiger partial charge in [0.05, 0.1) is 5.56 Å². The van der Waals surface area contributed by atoms with Gasteiger partial charge in [0.2, 0.25) is 0 Å². The van der Waals surface area contributed by atoms with E-state index in [0.717, 1.165) is 17.4 Å². The Morgan fingerprint density at radius 3 is 2.60 bits per heavy atom. The van der Waals surface area contributed by atoms with Gasteiger partial charge >= 0.3 is 0 Å². The van der Waals surface area contributed by atoms with Gasteiger partial charge in [-0.2, -0.15) is 0 Å². The van der Waals surface area contributed by atoms with Crippen molar-refractivity contribution in [3.63, 3.8) is 0 Å². The maximum absolute atomic E-state index is 11.7. The van der Waals surface area contributed by atoms with Crippen LogP contribution in [-0.4, -0.2) is 16.9 Å². The van der Waals surface area contributed by atoms with Crippen molar-refractivity contribution in [3.05, 3.63) is 28.5 Å². The summed E-state index contributed by atoms with van der Waals surface area (Å²) in [4.78, 5) is 15.7. The molecule has 0 bridgehead atoms. The Bertz CT molecular complexity index is 320. The first-order valence-electron chi connectivity index (χ1n) is 5.09. The first-order valence-corrected chi connectivity index (χ1v) is 5.89. The van der Waals surface area contributed by atoms with E-state index >= 15 is 0 Å². The summed E-state index contributed by atoms with van der Waals surface area (Å²) in [7, 11) is 0. The third-order valence-electron chi connectivity index (χ3n) is 2.31. The highest BCUT2D eigenvalue weighted by Gasteiger charge is 2.10. The van der Waals surface area contributed by atoms with Gasteiger partial charge in [0, 0.05) is 12.2 Å². The molecular weight excluding hydrogens is 256 g/mol. The van der Waals surface area contributed by atoms with Gasteiger partial charge in [-0.05, 0) is 40.9 Å². The van der Waals surface area contributed by atoms with Crippen LogP contribution in [0.4, 0.5) is 0 Å². The van der Waals surface area contributed by atoms with E-state index in [2.05, 4.69) is 40.1 Å². The molecule has 0 saturated heterocycles. The van der Waals surface area contributed by atoms with E-state index in [-0.39, 0.29) is 11.9 Å². The lowest BCUT2D eigenvalue weighted by Gasteiger charge is -2.14. The average molecular weight is 271 g/mol.